The third-order valence-corrected chi connectivity index (χ3v) is 5.89. The summed E-state index contributed by atoms with van der Waals surface area (Å²) in [6.07, 6.45) is 1.09. The summed E-state index contributed by atoms with van der Waals surface area (Å²) in [6, 6.07) is 8.59. The lowest BCUT2D eigenvalue weighted by molar-refractivity contribution is -0.139. The van der Waals surface area contributed by atoms with Crippen LogP contribution in [0.5, 0.6) is 5.75 Å². The lowest BCUT2D eigenvalue weighted by Gasteiger charge is -2.33. The van der Waals surface area contributed by atoms with Gasteiger partial charge in [0.05, 0.1) is 17.4 Å². The fraction of sp³-hybridized carbons (Fsp3) is 0.556. The summed E-state index contributed by atoms with van der Waals surface area (Å²) in [7, 11) is -3.24. The van der Waals surface area contributed by atoms with Gasteiger partial charge in [0.2, 0.25) is 10.0 Å². The van der Waals surface area contributed by atoms with Crippen molar-refractivity contribution in [1.82, 2.24) is 9.62 Å². The van der Waals surface area contributed by atoms with Gasteiger partial charge in [-0.1, -0.05) is 13.0 Å². The van der Waals surface area contributed by atoms with Crippen molar-refractivity contribution in [2.45, 2.75) is 45.3 Å². The minimum atomic E-state index is -3.24. The molecule has 7 nitrogen and oxygen atoms in total. The molecule has 1 amide bonds. The largest absolute Gasteiger partial charge is 0.481 e. The van der Waals surface area contributed by atoms with E-state index in [4.69, 9.17) is 10.00 Å². The Kier molecular flexibility index (Phi) is 7.00. The summed E-state index contributed by atoms with van der Waals surface area (Å²) in [6.45, 7) is 4.49. The van der Waals surface area contributed by atoms with E-state index in [1.54, 1.807) is 36.1 Å². The number of piperidine rings is 1. The first-order chi connectivity index (χ1) is 12.3. The normalized spacial score (nSPS) is 16.7. The molecule has 1 N–H and O–H groups in total. The van der Waals surface area contributed by atoms with Crippen LogP contribution < -0.4 is 9.46 Å². The molecule has 0 aliphatic carbocycles. The second-order valence-corrected chi connectivity index (χ2v) is 8.31. The van der Waals surface area contributed by atoms with Crippen LogP contribution in [0, 0.1) is 11.3 Å². The van der Waals surface area contributed by atoms with Crippen molar-refractivity contribution in [3.05, 3.63) is 29.8 Å². The molecule has 8 heteroatoms. The molecule has 1 fully saturated rings. The van der Waals surface area contributed by atoms with E-state index in [0.29, 0.717) is 43.7 Å². The van der Waals surface area contributed by atoms with Gasteiger partial charge < -0.3 is 9.64 Å². The van der Waals surface area contributed by atoms with Gasteiger partial charge in [0.1, 0.15) is 5.75 Å². The van der Waals surface area contributed by atoms with E-state index in [0.717, 1.165) is 0 Å². The Hall–Kier alpha value is -2.11. The Labute approximate surface area is 155 Å². The Morgan fingerprint density at radius 2 is 2.12 bits per heavy atom. The van der Waals surface area contributed by atoms with E-state index in [1.165, 1.54) is 0 Å². The molecule has 1 atom stereocenters. The van der Waals surface area contributed by atoms with Gasteiger partial charge in [0.15, 0.2) is 6.10 Å². The number of hydrogen-bond acceptors (Lipinski definition) is 5. The first kappa shape index (κ1) is 20.2. The highest BCUT2D eigenvalue weighted by atomic mass is 32.2. The Balaban J connectivity index is 1.86. The molecule has 1 aliphatic rings. The SMILES string of the molecule is CCCS(=O)(=O)NC1CCN(C(=O)C(C)Oc2cccc(C#N)c2)CC1. The number of hydrogen-bond donors (Lipinski definition) is 1. The summed E-state index contributed by atoms with van der Waals surface area (Å²) in [5.41, 5.74) is 0.474. The van der Waals surface area contributed by atoms with Crippen molar-refractivity contribution in [3.63, 3.8) is 0 Å². The van der Waals surface area contributed by atoms with E-state index in [1.807, 2.05) is 13.0 Å². The highest BCUT2D eigenvalue weighted by Crippen LogP contribution is 2.17. The lowest BCUT2D eigenvalue weighted by atomic mass is 10.1. The number of sulfonamides is 1. The van der Waals surface area contributed by atoms with Crippen LogP contribution in [-0.4, -0.2) is 50.2 Å². The fourth-order valence-corrected chi connectivity index (χ4v) is 4.35. The lowest BCUT2D eigenvalue weighted by Crippen LogP contribution is -2.49. The second kappa shape index (κ2) is 9.01. The zero-order chi connectivity index (χ0) is 19.2. The fourth-order valence-electron chi connectivity index (χ4n) is 2.95. The number of carbonyl (C=O) groups excluding carboxylic acids is 1. The van der Waals surface area contributed by atoms with Gasteiger partial charge in [0.25, 0.3) is 5.91 Å². The summed E-state index contributed by atoms with van der Waals surface area (Å²) in [4.78, 5) is 14.2. The molecule has 0 radical (unpaired) electrons. The predicted molar refractivity (Wildman–Crippen MR) is 98.1 cm³/mol. The van der Waals surface area contributed by atoms with Crippen molar-refractivity contribution in [2.75, 3.05) is 18.8 Å². The van der Waals surface area contributed by atoms with Crippen LogP contribution in [-0.2, 0) is 14.8 Å². The topological polar surface area (TPSA) is 99.5 Å². The van der Waals surface area contributed by atoms with Crippen LogP contribution in [0.15, 0.2) is 24.3 Å². The maximum atomic E-state index is 12.5. The smallest absolute Gasteiger partial charge is 0.263 e. The number of nitrogens with one attached hydrogen (secondary N) is 1. The number of ether oxygens (including phenoxy) is 1. The standard InChI is InChI=1S/C18H25N3O4S/c1-3-11-26(23,24)20-16-7-9-21(10-8-16)18(22)14(2)25-17-6-4-5-15(12-17)13-19/h4-6,12,14,16,20H,3,7-11H2,1-2H3. The van der Waals surface area contributed by atoms with Crippen molar-refractivity contribution in [2.24, 2.45) is 0 Å². The molecule has 1 unspecified atom stereocenters. The van der Waals surface area contributed by atoms with E-state index in [-0.39, 0.29) is 17.7 Å². The maximum Gasteiger partial charge on any atom is 0.263 e. The van der Waals surface area contributed by atoms with Gasteiger partial charge in [-0.3, -0.25) is 4.79 Å². The van der Waals surface area contributed by atoms with Gasteiger partial charge in [-0.2, -0.15) is 5.26 Å². The van der Waals surface area contributed by atoms with E-state index in [2.05, 4.69) is 4.72 Å². The zero-order valence-corrected chi connectivity index (χ0v) is 16.0. The van der Waals surface area contributed by atoms with Crippen molar-refractivity contribution >= 4 is 15.9 Å². The van der Waals surface area contributed by atoms with Crippen LogP contribution >= 0.6 is 0 Å². The Morgan fingerprint density at radius 3 is 2.73 bits per heavy atom. The predicted octanol–water partition coefficient (Wildman–Crippen LogP) is 1.65. The maximum absolute atomic E-state index is 12.5. The number of likely N-dealkylation sites (tertiary alicyclic amines) is 1. The number of amides is 1. The third-order valence-electron chi connectivity index (χ3n) is 4.25. The zero-order valence-electron chi connectivity index (χ0n) is 15.1. The average Bonchev–Trinajstić information content (AvgIpc) is 2.61. The first-order valence-electron chi connectivity index (χ1n) is 8.80. The van der Waals surface area contributed by atoms with E-state index >= 15 is 0 Å². The molecule has 26 heavy (non-hydrogen) atoms. The average molecular weight is 379 g/mol. The van der Waals surface area contributed by atoms with Gasteiger partial charge in [-0.25, -0.2) is 13.1 Å². The van der Waals surface area contributed by atoms with Crippen LogP contribution in [0.2, 0.25) is 0 Å². The molecule has 2 rings (SSSR count). The van der Waals surface area contributed by atoms with Crippen LogP contribution in [0.3, 0.4) is 0 Å². The van der Waals surface area contributed by atoms with E-state index < -0.39 is 16.1 Å². The molecule has 1 aromatic carbocycles. The quantitative estimate of drug-likeness (QED) is 0.776. The molecule has 0 aromatic heterocycles. The summed E-state index contributed by atoms with van der Waals surface area (Å²) >= 11 is 0. The number of nitriles is 1. The van der Waals surface area contributed by atoms with Gasteiger partial charge in [0, 0.05) is 19.1 Å². The Bertz CT molecular complexity index is 765. The molecule has 0 bridgehead atoms. The monoisotopic (exact) mass is 379 g/mol. The van der Waals surface area contributed by atoms with Crippen LogP contribution in [0.25, 0.3) is 0 Å². The Morgan fingerprint density at radius 1 is 1.42 bits per heavy atom. The molecule has 142 valence electrons. The molecular weight excluding hydrogens is 354 g/mol. The van der Waals surface area contributed by atoms with Gasteiger partial charge in [-0.15, -0.1) is 0 Å². The van der Waals surface area contributed by atoms with Crippen molar-refractivity contribution in [1.29, 1.82) is 5.26 Å². The molecule has 0 saturated carbocycles. The van der Waals surface area contributed by atoms with E-state index in [9.17, 15) is 13.2 Å². The highest BCUT2D eigenvalue weighted by Gasteiger charge is 2.28. The first-order valence-corrected chi connectivity index (χ1v) is 10.5. The van der Waals surface area contributed by atoms with Crippen molar-refractivity contribution < 1.29 is 17.9 Å². The summed E-state index contributed by atoms with van der Waals surface area (Å²) < 4.78 is 32.1. The van der Waals surface area contributed by atoms with Gasteiger partial charge >= 0.3 is 0 Å². The minimum absolute atomic E-state index is 0.124. The molecule has 0 spiro atoms. The molecule has 1 heterocycles. The summed E-state index contributed by atoms with van der Waals surface area (Å²) in [5, 5.41) is 8.92. The van der Waals surface area contributed by atoms with Crippen LogP contribution in [0.4, 0.5) is 0 Å². The van der Waals surface area contributed by atoms with Crippen LogP contribution in [0.1, 0.15) is 38.7 Å². The van der Waals surface area contributed by atoms with Crippen molar-refractivity contribution in [3.8, 4) is 11.8 Å². The number of nitrogens with zero attached hydrogens (tertiary/aromatic N) is 2. The molecule has 1 aliphatic heterocycles. The minimum Gasteiger partial charge on any atom is -0.481 e. The number of benzene rings is 1. The second-order valence-electron chi connectivity index (χ2n) is 6.44. The molecule has 1 saturated heterocycles. The third kappa shape index (κ3) is 5.71. The molecule has 1 aromatic rings. The number of rotatable bonds is 7. The van der Waals surface area contributed by atoms with Gasteiger partial charge in [-0.05, 0) is 44.4 Å². The molecular formula is C18H25N3O4S. The number of carbonyl (C=O) groups is 1. The summed E-state index contributed by atoms with van der Waals surface area (Å²) in [5.74, 6) is 0.466. The highest BCUT2D eigenvalue weighted by molar-refractivity contribution is 7.89.